The van der Waals surface area contributed by atoms with Gasteiger partial charge in [-0.2, -0.15) is 0 Å². The number of carbonyl (C=O) groups excluding carboxylic acids is 3. The molecule has 0 aliphatic carbocycles. The van der Waals surface area contributed by atoms with Gasteiger partial charge in [0.2, 0.25) is 0 Å². The van der Waals surface area contributed by atoms with E-state index < -0.39 is 66.2 Å². The summed E-state index contributed by atoms with van der Waals surface area (Å²) >= 11 is 0. The molecule has 1 rings (SSSR count). The molecular formula is C31H49NO11. The van der Waals surface area contributed by atoms with Crippen molar-refractivity contribution in [3.05, 3.63) is 23.8 Å². The number of benzene rings is 1. The van der Waals surface area contributed by atoms with Gasteiger partial charge in [0.25, 0.3) is 0 Å². The van der Waals surface area contributed by atoms with Gasteiger partial charge in [-0.05, 0) is 71.6 Å². The Morgan fingerprint density at radius 2 is 1.33 bits per heavy atom. The van der Waals surface area contributed by atoms with E-state index in [-0.39, 0.29) is 11.5 Å². The molecule has 0 aliphatic heterocycles. The molecule has 0 radical (unpaired) electrons. The van der Waals surface area contributed by atoms with Crippen LogP contribution in [-0.2, 0) is 23.7 Å². The van der Waals surface area contributed by atoms with E-state index in [0.717, 1.165) is 12.8 Å². The first kappa shape index (κ1) is 37.5. The topological polar surface area (TPSA) is 170 Å². The van der Waals surface area contributed by atoms with Gasteiger partial charge in [0.15, 0.2) is 11.5 Å². The Morgan fingerprint density at radius 1 is 0.814 bits per heavy atom. The first-order valence-electron chi connectivity index (χ1n) is 14.8. The lowest BCUT2D eigenvalue weighted by atomic mass is 9.79. The minimum absolute atomic E-state index is 0.150. The largest absolute Gasteiger partial charge is 0.514 e. The summed E-state index contributed by atoms with van der Waals surface area (Å²) in [6.45, 7) is 15.9. The van der Waals surface area contributed by atoms with E-state index in [1.807, 2.05) is 20.8 Å². The fourth-order valence-corrected chi connectivity index (χ4v) is 4.25. The van der Waals surface area contributed by atoms with Crippen molar-refractivity contribution in [2.24, 2.45) is 11.7 Å². The standard InChI is InChI=1S/C31H49NO11/c1-10-13-18(4)38-28(35)41-23-16-15-22(17-24(23)42-29(36)39-19(5)14-11-2)25(26(32)27(33)34)20(6)21(7)40-30(37)43-31(8,9)12-3/h15-21,25-26H,10-14,32H2,1-9H3,(H,33,34)/t18?,19?,20?,21?,25?,26-/m0/s1. The van der Waals surface area contributed by atoms with Crippen LogP contribution in [0.3, 0.4) is 0 Å². The minimum atomic E-state index is -1.44. The highest BCUT2D eigenvalue weighted by Gasteiger charge is 2.36. The van der Waals surface area contributed by atoms with Crippen molar-refractivity contribution in [1.82, 2.24) is 0 Å². The Hall–Kier alpha value is -3.54. The summed E-state index contributed by atoms with van der Waals surface area (Å²) < 4.78 is 32.2. The summed E-state index contributed by atoms with van der Waals surface area (Å²) in [7, 11) is 0. The van der Waals surface area contributed by atoms with Crippen molar-refractivity contribution < 1.29 is 52.7 Å². The number of rotatable bonds is 16. The van der Waals surface area contributed by atoms with Gasteiger partial charge in [-0.3, -0.25) is 4.79 Å². The van der Waals surface area contributed by atoms with Gasteiger partial charge >= 0.3 is 24.4 Å². The van der Waals surface area contributed by atoms with Crippen LogP contribution in [-0.4, -0.2) is 59.5 Å². The number of ether oxygens (including phenoxy) is 6. The second-order valence-electron chi connectivity index (χ2n) is 11.4. The van der Waals surface area contributed by atoms with E-state index in [2.05, 4.69) is 0 Å². The predicted molar refractivity (Wildman–Crippen MR) is 158 cm³/mol. The Labute approximate surface area is 254 Å². The number of hydrogen-bond donors (Lipinski definition) is 2. The highest BCUT2D eigenvalue weighted by molar-refractivity contribution is 5.75. The van der Waals surface area contributed by atoms with Crippen LogP contribution >= 0.6 is 0 Å². The molecule has 5 unspecified atom stereocenters. The zero-order chi connectivity index (χ0) is 32.9. The Kier molecular flexibility index (Phi) is 15.3. The molecule has 0 amide bonds. The molecule has 12 nitrogen and oxygen atoms in total. The minimum Gasteiger partial charge on any atom is -0.480 e. The monoisotopic (exact) mass is 611 g/mol. The van der Waals surface area contributed by atoms with Crippen LogP contribution in [0.2, 0.25) is 0 Å². The first-order chi connectivity index (χ1) is 20.0. The average molecular weight is 612 g/mol. The normalized spacial score (nSPS) is 15.6. The molecule has 3 N–H and O–H groups in total. The second-order valence-corrected chi connectivity index (χ2v) is 11.4. The van der Waals surface area contributed by atoms with E-state index >= 15 is 0 Å². The van der Waals surface area contributed by atoms with Gasteiger partial charge in [0.05, 0.1) is 0 Å². The molecule has 0 bridgehead atoms. The molecule has 6 atom stereocenters. The van der Waals surface area contributed by atoms with Gasteiger partial charge in [-0.25, -0.2) is 14.4 Å². The van der Waals surface area contributed by atoms with Gasteiger partial charge in [0.1, 0.15) is 30.0 Å². The number of hydrogen-bond acceptors (Lipinski definition) is 11. The highest BCUT2D eigenvalue weighted by atomic mass is 16.8. The van der Waals surface area contributed by atoms with Crippen LogP contribution < -0.4 is 15.2 Å². The smallest absolute Gasteiger partial charge is 0.480 e. The third kappa shape index (κ3) is 12.7. The fourth-order valence-electron chi connectivity index (χ4n) is 4.25. The van der Waals surface area contributed by atoms with Crippen molar-refractivity contribution in [3.8, 4) is 11.5 Å². The quantitative estimate of drug-likeness (QED) is 0.112. The van der Waals surface area contributed by atoms with Crippen LogP contribution in [0.5, 0.6) is 11.5 Å². The molecule has 0 saturated carbocycles. The van der Waals surface area contributed by atoms with Crippen molar-refractivity contribution in [2.45, 2.75) is 130 Å². The number of carbonyl (C=O) groups is 4. The van der Waals surface area contributed by atoms with E-state index in [9.17, 15) is 24.3 Å². The lowest BCUT2D eigenvalue weighted by Gasteiger charge is -2.32. The van der Waals surface area contributed by atoms with Crippen molar-refractivity contribution >= 4 is 24.4 Å². The molecule has 0 aromatic heterocycles. The van der Waals surface area contributed by atoms with Gasteiger partial charge in [-0.15, -0.1) is 0 Å². The molecule has 0 saturated heterocycles. The highest BCUT2D eigenvalue weighted by Crippen LogP contribution is 2.37. The van der Waals surface area contributed by atoms with Crippen molar-refractivity contribution in [3.63, 3.8) is 0 Å². The Morgan fingerprint density at radius 3 is 1.79 bits per heavy atom. The molecule has 1 aromatic carbocycles. The third-order valence-corrected chi connectivity index (χ3v) is 7.20. The van der Waals surface area contributed by atoms with Gasteiger partial charge < -0.3 is 39.3 Å². The third-order valence-electron chi connectivity index (χ3n) is 7.20. The van der Waals surface area contributed by atoms with Crippen LogP contribution in [0.25, 0.3) is 0 Å². The molecule has 43 heavy (non-hydrogen) atoms. The summed E-state index contributed by atoms with van der Waals surface area (Å²) in [4.78, 5) is 49.6. The summed E-state index contributed by atoms with van der Waals surface area (Å²) in [6.07, 6.45) is -1.28. The molecule has 0 spiro atoms. The van der Waals surface area contributed by atoms with E-state index in [0.29, 0.717) is 24.8 Å². The van der Waals surface area contributed by atoms with E-state index in [1.54, 1.807) is 41.5 Å². The van der Waals surface area contributed by atoms with Crippen LogP contribution in [0.4, 0.5) is 14.4 Å². The van der Waals surface area contributed by atoms with Gasteiger partial charge in [-0.1, -0.05) is 46.6 Å². The molecular weight excluding hydrogens is 562 g/mol. The molecule has 0 heterocycles. The molecule has 0 fully saturated rings. The van der Waals surface area contributed by atoms with Crippen LogP contribution in [0, 0.1) is 5.92 Å². The van der Waals surface area contributed by atoms with Crippen LogP contribution in [0.1, 0.15) is 106 Å². The molecule has 244 valence electrons. The van der Waals surface area contributed by atoms with Gasteiger partial charge in [0, 0.05) is 11.8 Å². The SMILES string of the molecule is CCCC(C)OC(=O)Oc1ccc(C(C(C)C(C)OC(=O)OC(C)(C)CC)[C@H](N)C(=O)O)cc1OC(=O)OC(C)CCC. The average Bonchev–Trinajstić information content (AvgIpc) is 2.89. The van der Waals surface area contributed by atoms with E-state index in [1.165, 1.54) is 18.2 Å². The zero-order valence-electron chi connectivity index (χ0n) is 26.8. The fraction of sp³-hybridized carbons (Fsp3) is 0.677. The second kappa shape index (κ2) is 17.5. The van der Waals surface area contributed by atoms with Crippen molar-refractivity contribution in [1.29, 1.82) is 0 Å². The predicted octanol–water partition coefficient (Wildman–Crippen LogP) is 6.96. The molecule has 0 aliphatic rings. The number of carboxylic acid groups (broad SMARTS) is 1. The maximum Gasteiger partial charge on any atom is 0.514 e. The number of carboxylic acids is 1. The summed E-state index contributed by atoms with van der Waals surface area (Å²) in [5.74, 6) is -3.26. The maximum atomic E-state index is 12.6. The maximum absolute atomic E-state index is 12.6. The lowest BCUT2D eigenvalue weighted by molar-refractivity contribution is -0.139. The van der Waals surface area contributed by atoms with Crippen LogP contribution in [0.15, 0.2) is 18.2 Å². The number of nitrogens with two attached hydrogens (primary N) is 1. The van der Waals surface area contributed by atoms with E-state index in [4.69, 9.17) is 34.2 Å². The van der Waals surface area contributed by atoms with Crippen molar-refractivity contribution in [2.75, 3.05) is 0 Å². The first-order valence-corrected chi connectivity index (χ1v) is 14.8. The Balaban J connectivity index is 3.44. The molecule has 1 aromatic rings. The lowest BCUT2D eigenvalue weighted by Crippen LogP contribution is -2.43. The summed E-state index contributed by atoms with van der Waals surface area (Å²) in [5.41, 5.74) is 5.70. The Bertz CT molecular complexity index is 1070. The summed E-state index contributed by atoms with van der Waals surface area (Å²) in [6, 6.07) is 2.74. The summed E-state index contributed by atoms with van der Waals surface area (Å²) in [5, 5.41) is 9.83. The number of aliphatic carboxylic acids is 1. The zero-order valence-corrected chi connectivity index (χ0v) is 26.8. The molecule has 12 heteroatoms.